The normalized spacial score (nSPS) is 10.6. The number of aryl methyl sites for hydroxylation is 1. The van der Waals surface area contributed by atoms with Crippen LogP contribution < -0.4 is 4.74 Å². The van der Waals surface area contributed by atoms with E-state index in [9.17, 15) is 0 Å². The fraction of sp³-hybridized carbons (Fsp3) is 0.118. The van der Waals surface area contributed by atoms with Crippen molar-refractivity contribution in [1.29, 1.82) is 0 Å². The Morgan fingerprint density at radius 3 is 2.42 bits per heavy atom. The lowest BCUT2D eigenvalue weighted by molar-refractivity contribution is 0.415. The van der Waals surface area contributed by atoms with Crippen LogP contribution in [0.25, 0.3) is 22.0 Å². The molecular weight excluding hydrogens is 234 g/mol. The molecule has 2 nitrogen and oxygen atoms in total. The van der Waals surface area contributed by atoms with E-state index >= 15 is 0 Å². The van der Waals surface area contributed by atoms with Gasteiger partial charge in [-0.3, -0.25) is 4.98 Å². The van der Waals surface area contributed by atoms with Crippen molar-refractivity contribution in [2.75, 3.05) is 7.11 Å². The topological polar surface area (TPSA) is 22.1 Å². The molecule has 0 atom stereocenters. The quantitative estimate of drug-likeness (QED) is 0.678. The summed E-state index contributed by atoms with van der Waals surface area (Å²) in [5.74, 6) is 0.863. The van der Waals surface area contributed by atoms with Gasteiger partial charge in [0.1, 0.15) is 5.75 Å². The summed E-state index contributed by atoms with van der Waals surface area (Å²) in [5.41, 5.74) is 3.36. The number of pyridine rings is 1. The van der Waals surface area contributed by atoms with Crippen molar-refractivity contribution in [1.82, 2.24) is 4.98 Å². The average Bonchev–Trinajstić information content (AvgIpc) is 2.48. The van der Waals surface area contributed by atoms with Crippen LogP contribution in [0.5, 0.6) is 5.75 Å². The number of nitrogens with zero attached hydrogens (tertiary/aromatic N) is 1. The van der Waals surface area contributed by atoms with E-state index in [0.717, 1.165) is 17.0 Å². The molecule has 0 aliphatic heterocycles. The molecule has 1 aromatic heterocycles. The Morgan fingerprint density at radius 2 is 1.68 bits per heavy atom. The van der Waals surface area contributed by atoms with Crippen molar-refractivity contribution >= 4 is 10.8 Å². The number of fused-ring (bicyclic) bond motifs is 1. The van der Waals surface area contributed by atoms with Crippen molar-refractivity contribution in [3.8, 4) is 17.0 Å². The predicted octanol–water partition coefficient (Wildman–Crippen LogP) is 4.22. The molecular formula is C17H15NO. The molecule has 0 aliphatic rings. The molecule has 94 valence electrons. The van der Waals surface area contributed by atoms with Gasteiger partial charge in [-0.25, -0.2) is 0 Å². The molecule has 3 rings (SSSR count). The average molecular weight is 249 g/mol. The highest BCUT2D eigenvalue weighted by Crippen LogP contribution is 2.28. The van der Waals surface area contributed by atoms with Gasteiger partial charge in [-0.1, -0.05) is 24.3 Å². The zero-order valence-corrected chi connectivity index (χ0v) is 11.1. The molecule has 1 heterocycles. The fourth-order valence-corrected chi connectivity index (χ4v) is 2.35. The molecule has 2 aromatic carbocycles. The van der Waals surface area contributed by atoms with E-state index < -0.39 is 0 Å². The van der Waals surface area contributed by atoms with Crippen molar-refractivity contribution in [3.63, 3.8) is 0 Å². The molecule has 0 aliphatic carbocycles. The first-order valence-electron chi connectivity index (χ1n) is 6.28. The van der Waals surface area contributed by atoms with E-state index in [4.69, 9.17) is 4.74 Å². The van der Waals surface area contributed by atoms with Crippen molar-refractivity contribution in [2.24, 2.45) is 0 Å². The first-order chi connectivity index (χ1) is 9.29. The minimum absolute atomic E-state index is 0.863. The van der Waals surface area contributed by atoms with Gasteiger partial charge in [0.2, 0.25) is 0 Å². The van der Waals surface area contributed by atoms with E-state index in [1.165, 1.54) is 16.3 Å². The second kappa shape index (κ2) is 4.73. The number of hydrogen-bond acceptors (Lipinski definition) is 2. The molecule has 0 fully saturated rings. The molecule has 0 amide bonds. The second-order valence-corrected chi connectivity index (χ2v) is 4.55. The Kier molecular flexibility index (Phi) is 2.92. The first kappa shape index (κ1) is 11.7. The SMILES string of the molecule is COc1ccc(-c2ncc3ccccc3c2C)cc1. The van der Waals surface area contributed by atoms with E-state index in [1.807, 2.05) is 36.5 Å². The Balaban J connectivity index is 2.16. The van der Waals surface area contributed by atoms with Gasteiger partial charge in [-0.2, -0.15) is 0 Å². The van der Waals surface area contributed by atoms with Gasteiger partial charge >= 0.3 is 0 Å². The van der Waals surface area contributed by atoms with Crippen LogP contribution in [0.2, 0.25) is 0 Å². The monoisotopic (exact) mass is 249 g/mol. The van der Waals surface area contributed by atoms with Gasteiger partial charge < -0.3 is 4.74 Å². The van der Waals surface area contributed by atoms with Crippen LogP contribution in [0, 0.1) is 6.92 Å². The summed E-state index contributed by atoms with van der Waals surface area (Å²) in [5, 5.41) is 2.43. The van der Waals surface area contributed by atoms with E-state index in [0.29, 0.717) is 0 Å². The molecule has 0 unspecified atom stereocenters. The van der Waals surface area contributed by atoms with Crippen LogP contribution in [0.3, 0.4) is 0 Å². The van der Waals surface area contributed by atoms with Crippen molar-refractivity contribution < 1.29 is 4.74 Å². The van der Waals surface area contributed by atoms with Gasteiger partial charge in [-0.05, 0) is 42.1 Å². The number of ether oxygens (including phenoxy) is 1. The van der Waals surface area contributed by atoms with E-state index in [1.54, 1.807) is 7.11 Å². The summed E-state index contributed by atoms with van der Waals surface area (Å²) >= 11 is 0. The lowest BCUT2D eigenvalue weighted by atomic mass is 10.0. The second-order valence-electron chi connectivity index (χ2n) is 4.55. The van der Waals surface area contributed by atoms with E-state index in [2.05, 4.69) is 30.1 Å². The van der Waals surface area contributed by atoms with Gasteiger partial charge in [0.05, 0.1) is 12.8 Å². The minimum atomic E-state index is 0.863. The maximum absolute atomic E-state index is 5.19. The third kappa shape index (κ3) is 2.06. The largest absolute Gasteiger partial charge is 0.497 e. The third-order valence-corrected chi connectivity index (χ3v) is 3.42. The van der Waals surface area contributed by atoms with Crippen molar-refractivity contribution in [2.45, 2.75) is 6.92 Å². The number of methoxy groups -OCH3 is 1. The molecule has 0 saturated carbocycles. The van der Waals surface area contributed by atoms with Crippen LogP contribution in [0.1, 0.15) is 5.56 Å². The van der Waals surface area contributed by atoms with Crippen LogP contribution in [-0.2, 0) is 0 Å². The Hall–Kier alpha value is -2.35. The molecule has 0 spiro atoms. The highest BCUT2D eigenvalue weighted by molar-refractivity contribution is 5.89. The molecule has 0 N–H and O–H groups in total. The Labute approximate surface area is 112 Å². The zero-order chi connectivity index (χ0) is 13.2. The maximum atomic E-state index is 5.19. The number of rotatable bonds is 2. The summed E-state index contributed by atoms with van der Waals surface area (Å²) < 4.78 is 5.19. The molecule has 19 heavy (non-hydrogen) atoms. The van der Waals surface area contributed by atoms with Gasteiger partial charge in [0.25, 0.3) is 0 Å². The van der Waals surface area contributed by atoms with Crippen LogP contribution in [0.15, 0.2) is 54.7 Å². The lowest BCUT2D eigenvalue weighted by Gasteiger charge is -2.09. The highest BCUT2D eigenvalue weighted by atomic mass is 16.5. The summed E-state index contributed by atoms with van der Waals surface area (Å²) in [7, 11) is 1.68. The van der Waals surface area contributed by atoms with Crippen LogP contribution in [0.4, 0.5) is 0 Å². The first-order valence-corrected chi connectivity index (χ1v) is 6.28. The summed E-state index contributed by atoms with van der Waals surface area (Å²) in [6.45, 7) is 2.12. The molecule has 0 bridgehead atoms. The van der Waals surface area contributed by atoms with E-state index in [-0.39, 0.29) is 0 Å². The smallest absolute Gasteiger partial charge is 0.118 e. The van der Waals surface area contributed by atoms with Gasteiger partial charge in [0.15, 0.2) is 0 Å². The third-order valence-electron chi connectivity index (χ3n) is 3.42. The number of aromatic nitrogens is 1. The fourth-order valence-electron chi connectivity index (χ4n) is 2.35. The maximum Gasteiger partial charge on any atom is 0.118 e. The molecule has 0 saturated heterocycles. The molecule has 3 aromatic rings. The minimum Gasteiger partial charge on any atom is -0.497 e. The molecule has 0 radical (unpaired) electrons. The summed E-state index contributed by atoms with van der Waals surface area (Å²) in [6.07, 6.45) is 1.93. The number of benzene rings is 2. The summed E-state index contributed by atoms with van der Waals surface area (Å²) in [6, 6.07) is 16.3. The van der Waals surface area contributed by atoms with Crippen LogP contribution >= 0.6 is 0 Å². The standard InChI is InChI=1S/C17H15NO/c1-12-16-6-4-3-5-14(16)11-18-17(12)13-7-9-15(19-2)10-8-13/h3-11H,1-2H3. The zero-order valence-electron chi connectivity index (χ0n) is 11.1. The number of hydrogen-bond donors (Lipinski definition) is 0. The Bertz CT molecular complexity index is 717. The molecule has 2 heteroatoms. The van der Waals surface area contributed by atoms with Crippen LogP contribution in [-0.4, -0.2) is 12.1 Å². The van der Waals surface area contributed by atoms with Gasteiger partial charge in [0, 0.05) is 17.1 Å². The summed E-state index contributed by atoms with van der Waals surface area (Å²) in [4.78, 5) is 4.59. The Morgan fingerprint density at radius 1 is 0.947 bits per heavy atom. The lowest BCUT2D eigenvalue weighted by Crippen LogP contribution is -1.90. The predicted molar refractivity (Wildman–Crippen MR) is 78.5 cm³/mol. The van der Waals surface area contributed by atoms with Gasteiger partial charge in [-0.15, -0.1) is 0 Å². The van der Waals surface area contributed by atoms with Crippen molar-refractivity contribution in [3.05, 3.63) is 60.3 Å². The highest BCUT2D eigenvalue weighted by Gasteiger charge is 2.07.